The van der Waals surface area contributed by atoms with E-state index in [2.05, 4.69) is 20.5 Å². The molecule has 4 rings (SSSR count). The molecule has 0 bridgehead atoms. The lowest BCUT2D eigenvalue weighted by atomic mass is 10.0. The van der Waals surface area contributed by atoms with Crippen molar-refractivity contribution in [1.82, 2.24) is 20.1 Å². The Morgan fingerprint density at radius 1 is 1.29 bits per heavy atom. The van der Waals surface area contributed by atoms with Crippen LogP contribution in [0.15, 0.2) is 35.3 Å². The Balaban J connectivity index is 1.86. The molecule has 1 aliphatic heterocycles. The van der Waals surface area contributed by atoms with E-state index in [-0.39, 0.29) is 0 Å². The summed E-state index contributed by atoms with van der Waals surface area (Å²) in [5, 5.41) is 20.8. The molecule has 1 aliphatic rings. The van der Waals surface area contributed by atoms with E-state index in [4.69, 9.17) is 16.7 Å². The molecule has 0 spiro atoms. The lowest BCUT2D eigenvalue weighted by Crippen LogP contribution is -2.28. The lowest BCUT2D eigenvalue weighted by Gasteiger charge is -2.08. The summed E-state index contributed by atoms with van der Waals surface area (Å²) in [6, 6.07) is 9.05. The Bertz CT molecular complexity index is 1130. The van der Waals surface area contributed by atoms with Gasteiger partial charge in [-0.1, -0.05) is 29.8 Å². The number of amides is 1. The number of rotatable bonds is 4. The Morgan fingerprint density at radius 3 is 2.82 bits per heavy atom. The molecule has 0 aliphatic carbocycles. The van der Waals surface area contributed by atoms with Crippen molar-refractivity contribution in [3.05, 3.63) is 63.0 Å². The van der Waals surface area contributed by atoms with Crippen molar-refractivity contribution in [3.8, 4) is 5.00 Å². The Hall–Kier alpha value is -3.04. The summed E-state index contributed by atoms with van der Waals surface area (Å²) in [5.74, 6) is -0.251. The molecule has 1 amide bonds. The van der Waals surface area contributed by atoms with E-state index in [1.165, 1.54) is 11.3 Å². The van der Waals surface area contributed by atoms with Gasteiger partial charge in [0.2, 0.25) is 0 Å². The number of halogens is 1. The summed E-state index contributed by atoms with van der Waals surface area (Å²) in [4.78, 5) is 28.2. The van der Waals surface area contributed by atoms with Crippen molar-refractivity contribution in [2.75, 3.05) is 6.54 Å². The topological polar surface area (TPSA) is 109 Å². The number of carboxylic acids is 1. The van der Waals surface area contributed by atoms with Gasteiger partial charge in [0.25, 0.3) is 5.91 Å². The van der Waals surface area contributed by atoms with E-state index in [0.717, 1.165) is 16.1 Å². The highest BCUT2D eigenvalue weighted by Gasteiger charge is 2.27. The number of carboxylic acid groups (broad SMARTS) is 1. The minimum Gasteiger partial charge on any atom is -0.480 e. The largest absolute Gasteiger partial charge is 0.480 e. The second-order valence-electron chi connectivity index (χ2n) is 6.05. The van der Waals surface area contributed by atoms with Gasteiger partial charge >= 0.3 is 5.97 Å². The molecule has 0 unspecified atom stereocenters. The maximum atomic E-state index is 12.4. The molecule has 10 heteroatoms. The van der Waals surface area contributed by atoms with Gasteiger partial charge in [0.15, 0.2) is 5.82 Å². The third-order valence-electron chi connectivity index (χ3n) is 4.19. The molecule has 0 saturated carbocycles. The molecule has 0 radical (unpaired) electrons. The average Bonchev–Trinajstić information content (AvgIpc) is 3.21. The highest BCUT2D eigenvalue weighted by Crippen LogP contribution is 2.34. The van der Waals surface area contributed by atoms with Crippen LogP contribution in [0.3, 0.4) is 0 Å². The molecule has 0 fully saturated rings. The summed E-state index contributed by atoms with van der Waals surface area (Å²) in [6.45, 7) is 1.69. The molecule has 142 valence electrons. The Kier molecular flexibility index (Phi) is 4.70. The van der Waals surface area contributed by atoms with Crippen molar-refractivity contribution in [3.63, 3.8) is 0 Å². The van der Waals surface area contributed by atoms with Crippen LogP contribution >= 0.6 is 22.9 Å². The zero-order valence-electron chi connectivity index (χ0n) is 14.6. The number of fused-ring (bicyclic) bond motifs is 3. The maximum Gasteiger partial charge on any atom is 0.322 e. The molecule has 3 heterocycles. The van der Waals surface area contributed by atoms with Crippen molar-refractivity contribution >= 4 is 40.5 Å². The highest BCUT2D eigenvalue weighted by atomic mass is 35.5. The fourth-order valence-corrected chi connectivity index (χ4v) is 4.33. The number of aryl methyl sites for hydroxylation is 1. The number of nitrogens with zero attached hydrogens (tertiary/aromatic N) is 4. The maximum absolute atomic E-state index is 12.4. The van der Waals surface area contributed by atoms with Crippen LogP contribution in [-0.4, -0.2) is 44.0 Å². The normalized spacial score (nSPS) is 12.6. The van der Waals surface area contributed by atoms with Gasteiger partial charge in [-0.25, -0.2) is 0 Å². The molecule has 3 aromatic rings. The molecule has 28 heavy (non-hydrogen) atoms. The van der Waals surface area contributed by atoms with E-state index in [1.807, 2.05) is 29.7 Å². The first-order valence-electron chi connectivity index (χ1n) is 8.30. The zero-order chi connectivity index (χ0) is 19.8. The van der Waals surface area contributed by atoms with Crippen LogP contribution < -0.4 is 5.32 Å². The molecular weight excluding hydrogens is 402 g/mol. The summed E-state index contributed by atoms with van der Waals surface area (Å²) in [6.07, 6.45) is 0. The van der Waals surface area contributed by atoms with Gasteiger partial charge in [-0.2, -0.15) is 0 Å². The summed E-state index contributed by atoms with van der Waals surface area (Å²) in [5.41, 5.74) is 2.12. The number of aromatic nitrogens is 3. The molecule has 1 aromatic carbocycles. The van der Waals surface area contributed by atoms with E-state index >= 15 is 0 Å². The third kappa shape index (κ3) is 3.19. The number of aliphatic imine (C=N–C) groups is 1. The van der Waals surface area contributed by atoms with Gasteiger partial charge in [0.05, 0.1) is 10.6 Å². The fraction of sp³-hybridized carbons (Fsp3) is 0.167. The molecule has 0 saturated heterocycles. The van der Waals surface area contributed by atoms with Crippen molar-refractivity contribution in [2.24, 2.45) is 4.99 Å². The molecular formula is C18H14ClN5O3S. The van der Waals surface area contributed by atoms with E-state index < -0.39 is 18.4 Å². The second-order valence-corrected chi connectivity index (χ2v) is 7.49. The number of aliphatic carboxylic acids is 1. The standard InChI is InChI=1S/C18H14ClN5O3S/c1-9-22-23-14-7-20-16(10-4-2-3-5-12(10)19)11-6-13(28-18(11)24(9)14)17(27)21-8-15(25)26/h2-6H,7-8H2,1H3,(H,21,27)(H,25,26). The monoisotopic (exact) mass is 415 g/mol. The molecule has 2 N–H and O–H groups in total. The first-order valence-corrected chi connectivity index (χ1v) is 9.50. The average molecular weight is 416 g/mol. The van der Waals surface area contributed by atoms with E-state index in [0.29, 0.717) is 33.8 Å². The minimum atomic E-state index is -1.11. The van der Waals surface area contributed by atoms with E-state index in [9.17, 15) is 9.59 Å². The first kappa shape index (κ1) is 18.3. The van der Waals surface area contributed by atoms with Crippen LogP contribution in [0.1, 0.15) is 32.4 Å². The highest BCUT2D eigenvalue weighted by molar-refractivity contribution is 7.17. The Labute approximate surface area is 168 Å². The summed E-state index contributed by atoms with van der Waals surface area (Å²) >= 11 is 7.62. The molecule has 0 atom stereocenters. The number of nitrogens with one attached hydrogen (secondary N) is 1. The second kappa shape index (κ2) is 7.17. The number of hydrogen-bond acceptors (Lipinski definition) is 6. The van der Waals surface area contributed by atoms with Crippen molar-refractivity contribution in [1.29, 1.82) is 0 Å². The van der Waals surface area contributed by atoms with Crippen LogP contribution in [0, 0.1) is 6.92 Å². The molecule has 8 nitrogen and oxygen atoms in total. The van der Waals surface area contributed by atoms with E-state index in [1.54, 1.807) is 12.1 Å². The predicted molar refractivity (Wildman–Crippen MR) is 105 cm³/mol. The quantitative estimate of drug-likeness (QED) is 0.680. The SMILES string of the molecule is Cc1nnc2n1-c1sc(C(=O)NCC(=O)O)cc1C(c1ccccc1Cl)=NC2. The fourth-order valence-electron chi connectivity index (χ4n) is 2.96. The van der Waals surface area contributed by atoms with Crippen LogP contribution in [0.2, 0.25) is 5.02 Å². The molecule has 2 aromatic heterocycles. The summed E-state index contributed by atoms with van der Waals surface area (Å²) in [7, 11) is 0. The first-order chi connectivity index (χ1) is 13.5. The van der Waals surface area contributed by atoms with Crippen LogP contribution in [0.4, 0.5) is 0 Å². The smallest absolute Gasteiger partial charge is 0.322 e. The van der Waals surface area contributed by atoms with Crippen LogP contribution in [-0.2, 0) is 11.3 Å². The van der Waals surface area contributed by atoms with Gasteiger partial charge in [-0.15, -0.1) is 21.5 Å². The lowest BCUT2D eigenvalue weighted by molar-refractivity contribution is -0.135. The van der Waals surface area contributed by atoms with Crippen LogP contribution in [0.25, 0.3) is 5.00 Å². The number of benzene rings is 1. The Morgan fingerprint density at radius 2 is 2.07 bits per heavy atom. The van der Waals surface area contributed by atoms with Gasteiger partial charge in [0, 0.05) is 16.1 Å². The van der Waals surface area contributed by atoms with Crippen molar-refractivity contribution in [2.45, 2.75) is 13.5 Å². The number of carbonyl (C=O) groups is 2. The van der Waals surface area contributed by atoms with Crippen LogP contribution in [0.5, 0.6) is 0 Å². The van der Waals surface area contributed by atoms with Gasteiger partial charge in [-0.05, 0) is 19.1 Å². The third-order valence-corrected chi connectivity index (χ3v) is 5.64. The predicted octanol–water partition coefficient (Wildman–Crippen LogP) is 2.46. The summed E-state index contributed by atoms with van der Waals surface area (Å²) < 4.78 is 1.86. The van der Waals surface area contributed by atoms with Gasteiger partial charge in [-0.3, -0.25) is 19.1 Å². The van der Waals surface area contributed by atoms with Gasteiger partial charge in [0.1, 0.15) is 23.9 Å². The van der Waals surface area contributed by atoms with Gasteiger partial charge < -0.3 is 10.4 Å². The zero-order valence-corrected chi connectivity index (χ0v) is 16.2. The number of hydrogen-bond donors (Lipinski definition) is 2. The number of carbonyl (C=O) groups excluding carboxylic acids is 1. The van der Waals surface area contributed by atoms with Crippen molar-refractivity contribution < 1.29 is 14.7 Å². The number of thiophene rings is 1. The minimum absolute atomic E-state index is 0.323.